The van der Waals surface area contributed by atoms with Crippen LogP contribution in [0.15, 0.2) is 47.1 Å². The van der Waals surface area contributed by atoms with E-state index in [-0.39, 0.29) is 6.04 Å². The maximum Gasteiger partial charge on any atom is 0.120 e. The van der Waals surface area contributed by atoms with E-state index >= 15 is 0 Å². The molecule has 1 N–H and O–H groups in total. The van der Waals surface area contributed by atoms with Gasteiger partial charge in [-0.15, -0.1) is 0 Å². The van der Waals surface area contributed by atoms with Crippen molar-refractivity contribution < 1.29 is 4.42 Å². The highest BCUT2D eigenvalue weighted by Gasteiger charge is 2.07. The maximum absolute atomic E-state index is 5.35. The first-order valence-corrected chi connectivity index (χ1v) is 5.58. The van der Waals surface area contributed by atoms with Crippen LogP contribution in [-0.4, -0.2) is 0 Å². The fraction of sp³-hybridized carbons (Fsp3) is 0.286. The van der Waals surface area contributed by atoms with Gasteiger partial charge in [0.2, 0.25) is 0 Å². The normalized spacial score (nSPS) is 12.6. The standard InChI is InChI=1S/C14H17NO/c1-11-6-3-4-7-13(11)10-15-12(2)14-8-5-9-16-14/h3-9,12,15H,10H2,1-2H3/t12-/m1/s1. The molecule has 0 fully saturated rings. The molecular formula is C14H17NO. The second-order valence-electron chi connectivity index (χ2n) is 4.04. The molecule has 0 radical (unpaired) electrons. The summed E-state index contributed by atoms with van der Waals surface area (Å²) in [7, 11) is 0. The zero-order chi connectivity index (χ0) is 11.4. The van der Waals surface area contributed by atoms with Crippen molar-refractivity contribution in [2.75, 3.05) is 0 Å². The van der Waals surface area contributed by atoms with Gasteiger partial charge in [0.1, 0.15) is 5.76 Å². The molecule has 2 rings (SSSR count). The Bertz CT molecular complexity index is 434. The zero-order valence-electron chi connectivity index (χ0n) is 9.73. The minimum absolute atomic E-state index is 0.245. The first-order valence-electron chi connectivity index (χ1n) is 5.58. The third-order valence-electron chi connectivity index (χ3n) is 2.83. The van der Waals surface area contributed by atoms with Crippen LogP contribution in [0.1, 0.15) is 29.9 Å². The summed E-state index contributed by atoms with van der Waals surface area (Å²) < 4.78 is 5.35. The first-order chi connectivity index (χ1) is 7.77. The highest BCUT2D eigenvalue weighted by atomic mass is 16.3. The van der Waals surface area contributed by atoms with Gasteiger partial charge in [0.25, 0.3) is 0 Å². The lowest BCUT2D eigenvalue weighted by Gasteiger charge is -2.12. The Morgan fingerprint density at radius 3 is 2.69 bits per heavy atom. The summed E-state index contributed by atoms with van der Waals surface area (Å²) in [6.45, 7) is 5.11. The van der Waals surface area contributed by atoms with Gasteiger partial charge in [0, 0.05) is 6.54 Å². The molecular weight excluding hydrogens is 198 g/mol. The van der Waals surface area contributed by atoms with Gasteiger partial charge in [-0.1, -0.05) is 24.3 Å². The summed E-state index contributed by atoms with van der Waals surface area (Å²) in [6, 6.07) is 12.6. The Kier molecular flexibility index (Phi) is 3.42. The molecule has 0 aliphatic carbocycles. The van der Waals surface area contributed by atoms with Gasteiger partial charge in [-0.2, -0.15) is 0 Å². The average molecular weight is 215 g/mol. The zero-order valence-corrected chi connectivity index (χ0v) is 9.73. The molecule has 2 heteroatoms. The highest BCUT2D eigenvalue weighted by molar-refractivity contribution is 5.25. The average Bonchev–Trinajstić information content (AvgIpc) is 2.81. The molecule has 0 spiro atoms. The van der Waals surface area contributed by atoms with Gasteiger partial charge in [-0.25, -0.2) is 0 Å². The molecule has 16 heavy (non-hydrogen) atoms. The van der Waals surface area contributed by atoms with Gasteiger partial charge in [0.15, 0.2) is 0 Å². The topological polar surface area (TPSA) is 25.2 Å². The lowest BCUT2D eigenvalue weighted by molar-refractivity contribution is 0.430. The monoisotopic (exact) mass is 215 g/mol. The Hall–Kier alpha value is -1.54. The van der Waals surface area contributed by atoms with E-state index in [1.807, 2.05) is 12.1 Å². The lowest BCUT2D eigenvalue weighted by Crippen LogP contribution is -2.18. The van der Waals surface area contributed by atoms with E-state index in [0.29, 0.717) is 0 Å². The van der Waals surface area contributed by atoms with E-state index in [1.54, 1.807) is 6.26 Å². The molecule has 0 aliphatic rings. The number of hydrogen-bond acceptors (Lipinski definition) is 2. The summed E-state index contributed by atoms with van der Waals surface area (Å²) in [5.41, 5.74) is 2.66. The number of rotatable bonds is 4. The number of nitrogens with one attached hydrogen (secondary N) is 1. The van der Waals surface area contributed by atoms with Crippen LogP contribution in [0.4, 0.5) is 0 Å². The smallest absolute Gasteiger partial charge is 0.120 e. The highest BCUT2D eigenvalue weighted by Crippen LogP contribution is 2.14. The largest absolute Gasteiger partial charge is 0.468 e. The number of furan rings is 1. The van der Waals surface area contributed by atoms with Crippen molar-refractivity contribution in [2.24, 2.45) is 0 Å². The van der Waals surface area contributed by atoms with Crippen molar-refractivity contribution in [3.8, 4) is 0 Å². The molecule has 2 aromatic rings. The maximum atomic E-state index is 5.35. The summed E-state index contributed by atoms with van der Waals surface area (Å²) >= 11 is 0. The van der Waals surface area contributed by atoms with Crippen LogP contribution in [-0.2, 0) is 6.54 Å². The van der Waals surface area contributed by atoms with E-state index in [2.05, 4.69) is 43.4 Å². The van der Waals surface area contributed by atoms with Crippen LogP contribution in [0.2, 0.25) is 0 Å². The van der Waals surface area contributed by atoms with Crippen LogP contribution < -0.4 is 5.32 Å². The Morgan fingerprint density at radius 1 is 1.19 bits per heavy atom. The molecule has 0 aliphatic heterocycles. The number of aryl methyl sites for hydroxylation is 1. The fourth-order valence-electron chi connectivity index (χ4n) is 1.71. The van der Waals surface area contributed by atoms with E-state index < -0.39 is 0 Å². The Morgan fingerprint density at radius 2 is 2.00 bits per heavy atom. The minimum Gasteiger partial charge on any atom is -0.468 e. The Balaban J connectivity index is 1.95. The molecule has 1 atom stereocenters. The van der Waals surface area contributed by atoms with Crippen LogP contribution in [0.5, 0.6) is 0 Å². The van der Waals surface area contributed by atoms with Crippen molar-refractivity contribution in [2.45, 2.75) is 26.4 Å². The molecule has 1 aromatic carbocycles. The number of hydrogen-bond donors (Lipinski definition) is 1. The van der Waals surface area contributed by atoms with Gasteiger partial charge in [0.05, 0.1) is 12.3 Å². The second kappa shape index (κ2) is 4.99. The van der Waals surface area contributed by atoms with Crippen molar-refractivity contribution in [1.29, 1.82) is 0 Å². The van der Waals surface area contributed by atoms with Gasteiger partial charge >= 0.3 is 0 Å². The van der Waals surface area contributed by atoms with E-state index in [1.165, 1.54) is 11.1 Å². The van der Waals surface area contributed by atoms with Crippen LogP contribution in [0, 0.1) is 6.92 Å². The Labute approximate surface area is 96.3 Å². The fourth-order valence-corrected chi connectivity index (χ4v) is 1.71. The third-order valence-corrected chi connectivity index (χ3v) is 2.83. The van der Waals surface area contributed by atoms with Crippen molar-refractivity contribution in [1.82, 2.24) is 5.32 Å². The van der Waals surface area contributed by atoms with Gasteiger partial charge in [-0.05, 0) is 37.1 Å². The lowest BCUT2D eigenvalue weighted by atomic mass is 10.1. The molecule has 0 saturated carbocycles. The van der Waals surface area contributed by atoms with Crippen molar-refractivity contribution in [3.05, 3.63) is 59.5 Å². The van der Waals surface area contributed by atoms with E-state index in [0.717, 1.165) is 12.3 Å². The molecule has 0 amide bonds. The quantitative estimate of drug-likeness (QED) is 0.845. The van der Waals surface area contributed by atoms with Crippen molar-refractivity contribution in [3.63, 3.8) is 0 Å². The van der Waals surface area contributed by atoms with E-state index in [4.69, 9.17) is 4.42 Å². The molecule has 0 unspecified atom stereocenters. The summed E-state index contributed by atoms with van der Waals surface area (Å²) in [4.78, 5) is 0. The second-order valence-corrected chi connectivity index (χ2v) is 4.04. The van der Waals surface area contributed by atoms with E-state index in [9.17, 15) is 0 Å². The summed E-state index contributed by atoms with van der Waals surface area (Å²) in [5, 5.41) is 3.45. The third kappa shape index (κ3) is 2.52. The van der Waals surface area contributed by atoms with Gasteiger partial charge < -0.3 is 9.73 Å². The molecule has 84 valence electrons. The molecule has 1 aromatic heterocycles. The molecule has 2 nitrogen and oxygen atoms in total. The predicted molar refractivity (Wildman–Crippen MR) is 65.1 cm³/mol. The van der Waals surface area contributed by atoms with Crippen LogP contribution >= 0.6 is 0 Å². The van der Waals surface area contributed by atoms with Gasteiger partial charge in [-0.3, -0.25) is 0 Å². The predicted octanol–water partition coefficient (Wildman–Crippen LogP) is 3.44. The van der Waals surface area contributed by atoms with Crippen molar-refractivity contribution >= 4 is 0 Å². The minimum atomic E-state index is 0.245. The summed E-state index contributed by atoms with van der Waals surface area (Å²) in [5.74, 6) is 0.980. The number of benzene rings is 1. The first kappa shape index (κ1) is 11.0. The molecule has 1 heterocycles. The molecule has 0 bridgehead atoms. The summed E-state index contributed by atoms with van der Waals surface area (Å²) in [6.07, 6.45) is 1.71. The van der Waals surface area contributed by atoms with Crippen LogP contribution in [0.3, 0.4) is 0 Å². The SMILES string of the molecule is Cc1ccccc1CN[C@H](C)c1ccco1. The van der Waals surface area contributed by atoms with Crippen LogP contribution in [0.25, 0.3) is 0 Å². The molecule has 0 saturated heterocycles.